The minimum atomic E-state index is -0.438. The Morgan fingerprint density at radius 1 is 1.33 bits per heavy atom. The third-order valence-corrected chi connectivity index (χ3v) is 4.86. The lowest BCUT2D eigenvalue weighted by atomic mass is 9.94. The monoisotopic (exact) mass is 272 g/mol. The molecule has 18 heavy (non-hydrogen) atoms. The average molecular weight is 272 g/mol. The van der Waals surface area contributed by atoms with Crippen molar-refractivity contribution in [1.82, 2.24) is 5.32 Å². The van der Waals surface area contributed by atoms with Crippen LogP contribution in [-0.2, 0) is 4.79 Å². The highest BCUT2D eigenvalue weighted by molar-refractivity contribution is 7.99. The maximum Gasteiger partial charge on any atom is 0.238 e. The van der Waals surface area contributed by atoms with Crippen LogP contribution in [0.5, 0.6) is 0 Å². The predicted octanol–water partition coefficient (Wildman–Crippen LogP) is 2.54. The fourth-order valence-electron chi connectivity index (χ4n) is 2.28. The lowest BCUT2D eigenvalue weighted by Crippen LogP contribution is -2.59. The van der Waals surface area contributed by atoms with Crippen LogP contribution in [-0.4, -0.2) is 29.5 Å². The molecule has 1 fully saturated rings. The molecular formula is C14H28N2OS. The Bertz CT molecular complexity index is 256. The van der Waals surface area contributed by atoms with Gasteiger partial charge in [0, 0.05) is 5.75 Å². The second-order valence-corrected chi connectivity index (χ2v) is 6.40. The molecule has 0 saturated heterocycles. The van der Waals surface area contributed by atoms with E-state index in [1.807, 2.05) is 11.8 Å². The lowest BCUT2D eigenvalue weighted by molar-refractivity contribution is -0.124. The fourth-order valence-corrected chi connectivity index (χ4v) is 3.64. The maximum atomic E-state index is 11.9. The number of hydrogen-bond acceptors (Lipinski definition) is 3. The van der Waals surface area contributed by atoms with E-state index < -0.39 is 5.54 Å². The molecule has 1 amide bonds. The number of rotatable bonds is 11. The van der Waals surface area contributed by atoms with Crippen LogP contribution < -0.4 is 11.1 Å². The van der Waals surface area contributed by atoms with Crippen LogP contribution in [0.2, 0.25) is 0 Å². The molecule has 1 aliphatic carbocycles. The van der Waals surface area contributed by atoms with Crippen molar-refractivity contribution in [2.24, 2.45) is 11.7 Å². The largest absolute Gasteiger partial charge is 0.368 e. The zero-order valence-corrected chi connectivity index (χ0v) is 12.7. The second-order valence-electron chi connectivity index (χ2n) is 5.30. The van der Waals surface area contributed by atoms with Crippen molar-refractivity contribution in [3.63, 3.8) is 0 Å². The van der Waals surface area contributed by atoms with E-state index in [4.69, 9.17) is 5.73 Å². The quantitative estimate of drug-likeness (QED) is 0.568. The Kier molecular flexibility index (Phi) is 7.08. The summed E-state index contributed by atoms with van der Waals surface area (Å²) in [6, 6.07) is 0. The maximum absolute atomic E-state index is 11.9. The van der Waals surface area contributed by atoms with Crippen molar-refractivity contribution in [2.45, 2.75) is 57.9 Å². The molecule has 0 aromatic carbocycles. The van der Waals surface area contributed by atoms with Gasteiger partial charge >= 0.3 is 0 Å². The van der Waals surface area contributed by atoms with Gasteiger partial charge in [0.15, 0.2) is 0 Å². The zero-order valence-electron chi connectivity index (χ0n) is 11.8. The van der Waals surface area contributed by atoms with Gasteiger partial charge in [-0.2, -0.15) is 11.8 Å². The summed E-state index contributed by atoms with van der Waals surface area (Å²) in [4.78, 5) is 11.9. The molecule has 0 aromatic rings. The normalized spacial score (nSPS) is 18.6. The van der Waals surface area contributed by atoms with Crippen LogP contribution in [0.15, 0.2) is 0 Å². The molecule has 0 aromatic heterocycles. The van der Waals surface area contributed by atoms with Gasteiger partial charge in [-0.25, -0.2) is 0 Å². The van der Waals surface area contributed by atoms with Gasteiger partial charge in [0.2, 0.25) is 5.91 Å². The predicted molar refractivity (Wildman–Crippen MR) is 79.8 cm³/mol. The smallest absolute Gasteiger partial charge is 0.238 e. The number of carbonyl (C=O) groups is 1. The summed E-state index contributed by atoms with van der Waals surface area (Å²) in [5.74, 6) is 2.31. The third-order valence-electron chi connectivity index (χ3n) is 3.63. The fraction of sp³-hybridized carbons (Fsp3) is 0.929. The molecular weight excluding hydrogens is 244 g/mol. The number of nitrogens with one attached hydrogen (secondary N) is 1. The van der Waals surface area contributed by atoms with Gasteiger partial charge in [-0.1, -0.05) is 26.7 Å². The minimum Gasteiger partial charge on any atom is -0.368 e. The van der Waals surface area contributed by atoms with E-state index in [-0.39, 0.29) is 5.91 Å². The Morgan fingerprint density at radius 2 is 2.06 bits per heavy atom. The van der Waals surface area contributed by atoms with Crippen molar-refractivity contribution in [1.29, 1.82) is 0 Å². The second kappa shape index (κ2) is 8.05. The Balaban J connectivity index is 2.45. The van der Waals surface area contributed by atoms with Gasteiger partial charge in [0.25, 0.3) is 0 Å². The Hall–Kier alpha value is -0.220. The van der Waals surface area contributed by atoms with Crippen LogP contribution >= 0.6 is 11.8 Å². The molecule has 106 valence electrons. The van der Waals surface area contributed by atoms with E-state index in [2.05, 4.69) is 19.2 Å². The topological polar surface area (TPSA) is 55.1 Å². The van der Waals surface area contributed by atoms with Crippen LogP contribution in [0.3, 0.4) is 0 Å². The van der Waals surface area contributed by atoms with Crippen molar-refractivity contribution in [2.75, 3.05) is 18.1 Å². The van der Waals surface area contributed by atoms with Crippen molar-refractivity contribution >= 4 is 17.7 Å². The SMILES string of the molecule is CCCCCSCC(NCCC)(C(N)=O)C1CC1. The third kappa shape index (κ3) is 4.47. The van der Waals surface area contributed by atoms with Gasteiger partial charge in [-0.3, -0.25) is 4.79 Å². The number of thioether (sulfide) groups is 1. The summed E-state index contributed by atoms with van der Waals surface area (Å²) in [7, 11) is 0. The number of hydrogen-bond donors (Lipinski definition) is 2. The van der Waals surface area contributed by atoms with Crippen molar-refractivity contribution in [3.05, 3.63) is 0 Å². The molecule has 0 heterocycles. The lowest BCUT2D eigenvalue weighted by Gasteiger charge is -2.32. The first-order valence-electron chi connectivity index (χ1n) is 7.30. The molecule has 0 aliphatic heterocycles. The molecule has 3 N–H and O–H groups in total. The Morgan fingerprint density at radius 3 is 2.56 bits per heavy atom. The van der Waals surface area contributed by atoms with E-state index in [1.165, 1.54) is 19.3 Å². The van der Waals surface area contributed by atoms with Gasteiger partial charge in [-0.05, 0) is 43.9 Å². The van der Waals surface area contributed by atoms with E-state index >= 15 is 0 Å². The molecule has 1 saturated carbocycles. The van der Waals surface area contributed by atoms with Crippen LogP contribution in [0.4, 0.5) is 0 Å². The summed E-state index contributed by atoms with van der Waals surface area (Å²) < 4.78 is 0. The molecule has 0 radical (unpaired) electrons. The van der Waals surface area contributed by atoms with Gasteiger partial charge < -0.3 is 11.1 Å². The molecule has 3 nitrogen and oxygen atoms in total. The first kappa shape index (κ1) is 15.8. The standard InChI is InChI=1S/C14H28N2OS/c1-3-5-6-10-18-11-14(13(15)17,12-7-8-12)16-9-4-2/h12,16H,3-11H2,1-2H3,(H2,15,17). The molecule has 0 bridgehead atoms. The molecule has 0 spiro atoms. The summed E-state index contributed by atoms with van der Waals surface area (Å²) >= 11 is 1.88. The molecule has 1 unspecified atom stereocenters. The van der Waals surface area contributed by atoms with Gasteiger partial charge in [-0.15, -0.1) is 0 Å². The zero-order chi connectivity index (χ0) is 13.4. The van der Waals surface area contributed by atoms with E-state index in [0.717, 1.165) is 37.3 Å². The summed E-state index contributed by atoms with van der Waals surface area (Å²) in [6.45, 7) is 5.22. The molecule has 1 aliphatic rings. The summed E-state index contributed by atoms with van der Waals surface area (Å²) in [6.07, 6.45) is 7.11. The van der Waals surface area contributed by atoms with Crippen molar-refractivity contribution < 1.29 is 4.79 Å². The first-order chi connectivity index (χ1) is 8.67. The first-order valence-corrected chi connectivity index (χ1v) is 8.45. The number of carbonyl (C=O) groups excluding carboxylic acids is 1. The number of primary amides is 1. The summed E-state index contributed by atoms with van der Waals surface area (Å²) in [5.41, 5.74) is 5.24. The molecule has 1 rings (SSSR count). The Labute approximate surface area is 116 Å². The van der Waals surface area contributed by atoms with Gasteiger partial charge in [0.1, 0.15) is 5.54 Å². The minimum absolute atomic E-state index is 0.151. The van der Waals surface area contributed by atoms with Crippen LogP contribution in [0.25, 0.3) is 0 Å². The highest BCUT2D eigenvalue weighted by Crippen LogP contribution is 2.41. The molecule has 4 heteroatoms. The van der Waals surface area contributed by atoms with E-state index in [9.17, 15) is 4.79 Å². The highest BCUT2D eigenvalue weighted by Gasteiger charge is 2.49. The van der Waals surface area contributed by atoms with Gasteiger partial charge in [0.05, 0.1) is 0 Å². The van der Waals surface area contributed by atoms with Crippen molar-refractivity contribution in [3.8, 4) is 0 Å². The number of nitrogens with two attached hydrogens (primary N) is 1. The molecule has 1 atom stereocenters. The van der Waals surface area contributed by atoms with Crippen LogP contribution in [0, 0.1) is 5.92 Å². The van der Waals surface area contributed by atoms with E-state index in [1.54, 1.807) is 0 Å². The average Bonchev–Trinajstić information content (AvgIpc) is 3.17. The summed E-state index contributed by atoms with van der Waals surface area (Å²) in [5, 5.41) is 3.44. The highest BCUT2D eigenvalue weighted by atomic mass is 32.2. The number of amides is 1. The van der Waals surface area contributed by atoms with E-state index in [0.29, 0.717) is 5.92 Å². The number of unbranched alkanes of at least 4 members (excludes halogenated alkanes) is 2. The van der Waals surface area contributed by atoms with Crippen LogP contribution in [0.1, 0.15) is 52.4 Å².